The molecule has 0 amide bonds. The Morgan fingerprint density at radius 3 is 2.44 bits per heavy atom. The topological polar surface area (TPSA) is 49.0 Å². The lowest BCUT2D eigenvalue weighted by Gasteiger charge is -2.23. The van der Waals surface area contributed by atoms with Gasteiger partial charge in [0.25, 0.3) is 0 Å². The standard InChI is InChI=1S/C22H28N2O/c1-15(14-22(2,3)4)9-10-16-11-12-20-18(13-16)21(23)17-7-5-6-8-19(17)24(20)25/h5-8,11-13,15,23,25H,9-10,14H2,1-4H3/t15-/m1/s1. The van der Waals surface area contributed by atoms with Crippen molar-refractivity contribution in [1.29, 1.82) is 5.41 Å². The monoisotopic (exact) mass is 336 g/mol. The average Bonchev–Trinajstić information content (AvgIpc) is 2.56. The number of fused-ring (bicyclic) bond motifs is 2. The van der Waals surface area contributed by atoms with Crippen LogP contribution in [0.4, 0.5) is 0 Å². The summed E-state index contributed by atoms with van der Waals surface area (Å²) in [6.45, 7) is 9.18. The number of para-hydroxylation sites is 1. The molecular formula is C22H28N2O. The van der Waals surface area contributed by atoms with Crippen LogP contribution in [0.5, 0.6) is 0 Å². The summed E-state index contributed by atoms with van der Waals surface area (Å²) in [4.78, 5) is 0. The number of benzene rings is 2. The molecule has 3 nitrogen and oxygen atoms in total. The number of hydrogen-bond donors (Lipinski definition) is 2. The van der Waals surface area contributed by atoms with Gasteiger partial charge >= 0.3 is 0 Å². The minimum atomic E-state index is 0.360. The van der Waals surface area contributed by atoms with E-state index in [1.165, 1.54) is 16.7 Å². The minimum Gasteiger partial charge on any atom is -0.428 e. The Kier molecular flexibility index (Phi) is 4.59. The molecule has 0 aliphatic heterocycles. The van der Waals surface area contributed by atoms with E-state index in [2.05, 4.69) is 39.8 Å². The first-order valence-electron chi connectivity index (χ1n) is 9.06. The zero-order valence-corrected chi connectivity index (χ0v) is 15.6. The first kappa shape index (κ1) is 17.5. The van der Waals surface area contributed by atoms with E-state index >= 15 is 0 Å². The fourth-order valence-corrected chi connectivity index (χ4v) is 3.83. The van der Waals surface area contributed by atoms with Gasteiger partial charge in [-0.2, -0.15) is 4.73 Å². The molecular weight excluding hydrogens is 308 g/mol. The zero-order valence-electron chi connectivity index (χ0n) is 15.6. The fourth-order valence-electron chi connectivity index (χ4n) is 3.83. The van der Waals surface area contributed by atoms with E-state index in [9.17, 15) is 5.21 Å². The number of rotatable bonds is 4. The molecule has 132 valence electrons. The summed E-state index contributed by atoms with van der Waals surface area (Å²) in [6, 6.07) is 13.6. The van der Waals surface area contributed by atoms with E-state index in [0.717, 1.165) is 23.6 Å². The van der Waals surface area contributed by atoms with Gasteiger partial charge in [-0.1, -0.05) is 52.0 Å². The summed E-state index contributed by atoms with van der Waals surface area (Å²) in [5.74, 6) is 0.672. The highest BCUT2D eigenvalue weighted by Gasteiger charge is 2.15. The van der Waals surface area contributed by atoms with E-state index in [0.29, 0.717) is 27.7 Å². The van der Waals surface area contributed by atoms with Crippen molar-refractivity contribution in [2.75, 3.05) is 0 Å². The van der Waals surface area contributed by atoms with Crippen LogP contribution in [0.15, 0.2) is 42.5 Å². The molecule has 0 saturated heterocycles. The van der Waals surface area contributed by atoms with Gasteiger partial charge in [-0.25, -0.2) is 0 Å². The van der Waals surface area contributed by atoms with Gasteiger partial charge in [0.1, 0.15) is 0 Å². The number of nitrogens with one attached hydrogen (secondary N) is 1. The van der Waals surface area contributed by atoms with Crippen molar-refractivity contribution in [2.24, 2.45) is 11.3 Å². The molecule has 0 spiro atoms. The average molecular weight is 336 g/mol. The lowest BCUT2D eigenvalue weighted by Crippen LogP contribution is -2.12. The summed E-state index contributed by atoms with van der Waals surface area (Å²) in [7, 11) is 0. The van der Waals surface area contributed by atoms with Gasteiger partial charge in [0.15, 0.2) is 0 Å². The highest BCUT2D eigenvalue weighted by atomic mass is 16.5. The maximum Gasteiger partial charge on any atom is 0.0894 e. The molecule has 0 unspecified atom stereocenters. The van der Waals surface area contributed by atoms with Crippen LogP contribution in [-0.4, -0.2) is 9.94 Å². The van der Waals surface area contributed by atoms with Gasteiger partial charge in [-0.3, -0.25) is 5.41 Å². The van der Waals surface area contributed by atoms with Crippen LogP contribution in [0.25, 0.3) is 21.8 Å². The van der Waals surface area contributed by atoms with Crippen molar-refractivity contribution < 1.29 is 5.21 Å². The van der Waals surface area contributed by atoms with Crippen LogP contribution >= 0.6 is 0 Å². The highest BCUT2D eigenvalue weighted by Crippen LogP contribution is 2.27. The predicted octanol–water partition coefficient (Wildman–Crippen LogP) is 5.52. The summed E-state index contributed by atoms with van der Waals surface area (Å²) in [6.07, 6.45) is 3.36. The molecule has 0 radical (unpaired) electrons. The fraction of sp³-hybridized carbons (Fsp3) is 0.409. The van der Waals surface area contributed by atoms with E-state index < -0.39 is 0 Å². The number of aryl methyl sites for hydroxylation is 1. The lowest BCUT2D eigenvalue weighted by atomic mass is 9.83. The van der Waals surface area contributed by atoms with E-state index in [1.807, 2.05) is 30.3 Å². The maximum absolute atomic E-state index is 10.5. The molecule has 1 aromatic heterocycles. The second-order valence-corrected chi connectivity index (χ2v) is 8.46. The van der Waals surface area contributed by atoms with Crippen molar-refractivity contribution in [2.45, 2.75) is 47.0 Å². The molecule has 2 N–H and O–H groups in total. The van der Waals surface area contributed by atoms with E-state index in [4.69, 9.17) is 5.41 Å². The Balaban J connectivity index is 1.94. The van der Waals surface area contributed by atoms with Crippen LogP contribution in [-0.2, 0) is 6.42 Å². The van der Waals surface area contributed by atoms with Gasteiger partial charge in [0.2, 0.25) is 0 Å². The Bertz CT molecular complexity index is 963. The van der Waals surface area contributed by atoms with Gasteiger partial charge in [-0.15, -0.1) is 0 Å². The predicted molar refractivity (Wildman–Crippen MR) is 104 cm³/mol. The second-order valence-electron chi connectivity index (χ2n) is 8.46. The Morgan fingerprint density at radius 1 is 1.04 bits per heavy atom. The molecule has 0 saturated carbocycles. The molecule has 25 heavy (non-hydrogen) atoms. The summed E-state index contributed by atoms with van der Waals surface area (Å²) in [5, 5.41) is 21.1. The van der Waals surface area contributed by atoms with Crippen molar-refractivity contribution >= 4 is 21.8 Å². The Hall–Kier alpha value is -2.29. The first-order chi connectivity index (χ1) is 11.8. The van der Waals surface area contributed by atoms with Crippen LogP contribution in [0.2, 0.25) is 0 Å². The molecule has 0 aliphatic carbocycles. The minimum absolute atomic E-state index is 0.360. The number of aromatic nitrogens is 1. The highest BCUT2D eigenvalue weighted by molar-refractivity contribution is 5.92. The lowest BCUT2D eigenvalue weighted by molar-refractivity contribution is 0.211. The van der Waals surface area contributed by atoms with Crippen molar-refractivity contribution in [3.63, 3.8) is 0 Å². The molecule has 3 aromatic rings. The van der Waals surface area contributed by atoms with E-state index in [-0.39, 0.29) is 0 Å². The van der Waals surface area contributed by atoms with Crippen molar-refractivity contribution in [3.8, 4) is 0 Å². The SMILES string of the molecule is C[C@H](CCc1ccc2c(c1)c(=N)c1ccccc1n2O)CC(C)(C)C. The number of pyridine rings is 1. The normalized spacial score (nSPS) is 13.4. The summed E-state index contributed by atoms with van der Waals surface area (Å²) < 4.78 is 1.20. The number of nitrogens with zero attached hydrogens (tertiary/aromatic N) is 1. The van der Waals surface area contributed by atoms with Gasteiger partial charge in [0.05, 0.1) is 16.4 Å². The summed E-state index contributed by atoms with van der Waals surface area (Å²) in [5.41, 5.74) is 2.96. The zero-order chi connectivity index (χ0) is 18.2. The van der Waals surface area contributed by atoms with Crippen molar-refractivity contribution in [1.82, 2.24) is 4.73 Å². The third-order valence-corrected chi connectivity index (χ3v) is 4.85. The van der Waals surface area contributed by atoms with Crippen LogP contribution in [0.3, 0.4) is 0 Å². The van der Waals surface area contributed by atoms with Gasteiger partial charge < -0.3 is 5.21 Å². The first-order valence-corrected chi connectivity index (χ1v) is 9.06. The van der Waals surface area contributed by atoms with Gasteiger partial charge in [-0.05, 0) is 54.4 Å². The Morgan fingerprint density at radius 2 is 1.72 bits per heavy atom. The molecule has 0 aliphatic rings. The van der Waals surface area contributed by atoms with Gasteiger partial charge in [0, 0.05) is 10.8 Å². The third kappa shape index (κ3) is 3.71. The Labute approximate surface area is 149 Å². The summed E-state index contributed by atoms with van der Waals surface area (Å²) >= 11 is 0. The molecule has 2 aromatic carbocycles. The molecule has 0 fully saturated rings. The van der Waals surface area contributed by atoms with Crippen LogP contribution < -0.4 is 5.36 Å². The largest absolute Gasteiger partial charge is 0.428 e. The quantitative estimate of drug-likeness (QED) is 0.478. The second kappa shape index (κ2) is 6.55. The maximum atomic E-state index is 10.5. The molecule has 3 rings (SSSR count). The molecule has 3 heteroatoms. The molecule has 1 atom stereocenters. The van der Waals surface area contributed by atoms with Crippen molar-refractivity contribution in [3.05, 3.63) is 53.4 Å². The van der Waals surface area contributed by atoms with Crippen LogP contribution in [0.1, 0.15) is 46.1 Å². The molecule has 0 bridgehead atoms. The smallest absolute Gasteiger partial charge is 0.0894 e. The van der Waals surface area contributed by atoms with Crippen LogP contribution in [0, 0.1) is 16.7 Å². The third-order valence-electron chi connectivity index (χ3n) is 4.85. The molecule has 1 heterocycles. The number of hydrogen-bond acceptors (Lipinski definition) is 2. The van der Waals surface area contributed by atoms with E-state index in [1.54, 1.807) is 0 Å².